The van der Waals surface area contributed by atoms with Crippen LogP contribution in [0.15, 0.2) is 116 Å². The Labute approximate surface area is 544 Å². The van der Waals surface area contributed by atoms with Gasteiger partial charge in [0.2, 0.25) is 5.69 Å². The molecule has 0 saturated carbocycles. The van der Waals surface area contributed by atoms with Crippen LogP contribution in [0.1, 0.15) is 70.4 Å². The molecule has 26 nitrogen and oxygen atoms in total. The number of unbranched alkanes of at least 4 members (excludes halogenated alkanes) is 2. The first kappa shape index (κ1) is 76.6. The van der Waals surface area contributed by atoms with Gasteiger partial charge in [-0.05, 0) is 105 Å². The molecule has 2 aliphatic rings. The molecule has 4 aromatic rings. The molecule has 0 spiro atoms. The average Bonchev–Trinajstić information content (AvgIpc) is 1.60. The van der Waals surface area contributed by atoms with Crippen LogP contribution < -0.4 is 4.90 Å². The lowest BCUT2D eigenvalue weighted by Crippen LogP contribution is -2.33. The highest BCUT2D eigenvalue weighted by Gasteiger charge is 2.49. The van der Waals surface area contributed by atoms with Crippen molar-refractivity contribution in [3.05, 3.63) is 108 Å². The third-order valence-corrected chi connectivity index (χ3v) is 19.2. The van der Waals surface area contributed by atoms with Gasteiger partial charge in [-0.25, -0.2) is 8.42 Å². The number of carboxylic acid groups (broad SMARTS) is 1. The fraction of sp³-hybridized carbons (Fsp3) is 0.524. The Balaban J connectivity index is 1.33. The van der Waals surface area contributed by atoms with Crippen LogP contribution in [-0.2, 0) is 103 Å². The quantitative estimate of drug-likeness (QED) is 0.0147. The zero-order chi connectivity index (χ0) is 67.9. The van der Waals surface area contributed by atoms with Crippen LogP contribution in [0.3, 0.4) is 0 Å². The van der Waals surface area contributed by atoms with Crippen molar-refractivity contribution in [3.8, 4) is 0 Å². The Bertz CT molecular complexity index is 3810. The number of nitrogens with zero attached hydrogens (tertiary/aromatic N) is 2. The standard InChI is InChI=1S/C63H86N2O24S4/c1-6-64-53-20-18-49-51(43-47(90(68,69)70)45-55(49)92(74,75)76)60(53)62(2,22-25-82-31-33-86-39-41-88-37-35-84-29-27-80-4)57(64)15-11-8-7-9-12-16-58-63(3,23-26-83-32-34-87-40-42-89-38-36-85-30-28-81-5)61-52-44-48(91(71,72)73)46-56(93(77,78)79)50(52)19-21-54(61)65(58)24-14-10-13-17-59(66)67/h7-9,11-12,15-16,18-21,43-46H,6,10,13-14,17,22-42H2,1-5H3,(H4-,66,67,68,69,70,71,72,73,74,75,76,77,78,79). The SMILES string of the molecule is CCN1C(=CC=CC=CC=CC2=[N+](CCCCCC(=O)O)c3ccc4c(S(=O)(=O)[O-])cc(S(=O)(=O)O)cc4c3C2(C)CCOCCOCCOCCOCCOC)C(C)(CCOCCOCCOCCOCCOC)c2c1ccc1c(S(=O)(=O)O)cc(S(=O)(=O)O)cc21. The number of anilines is 1. The Kier molecular flexibility index (Phi) is 29.7. The van der Waals surface area contributed by atoms with E-state index in [1.807, 2.05) is 42.4 Å². The lowest BCUT2D eigenvalue weighted by atomic mass is 9.75. The maximum absolute atomic E-state index is 12.9. The minimum Gasteiger partial charge on any atom is -0.744 e. The fourth-order valence-electron chi connectivity index (χ4n) is 11.4. The molecule has 0 amide bonds. The number of rotatable bonds is 45. The smallest absolute Gasteiger partial charge is 0.303 e. The van der Waals surface area contributed by atoms with E-state index < -0.39 is 76.9 Å². The summed E-state index contributed by atoms with van der Waals surface area (Å²) >= 11 is 0. The van der Waals surface area contributed by atoms with E-state index in [1.54, 1.807) is 56.7 Å². The topological polar surface area (TPSA) is 356 Å². The van der Waals surface area contributed by atoms with Crippen molar-refractivity contribution in [3.63, 3.8) is 0 Å². The molecule has 93 heavy (non-hydrogen) atoms. The van der Waals surface area contributed by atoms with Crippen LogP contribution in [0.5, 0.6) is 0 Å². The largest absolute Gasteiger partial charge is 0.744 e. The summed E-state index contributed by atoms with van der Waals surface area (Å²) in [4.78, 5) is 10.4. The molecule has 2 aliphatic heterocycles. The average molecular weight is 1380 g/mol. The van der Waals surface area contributed by atoms with Crippen LogP contribution in [0.2, 0.25) is 0 Å². The van der Waals surface area contributed by atoms with Crippen molar-refractivity contribution in [2.45, 2.75) is 89.7 Å². The van der Waals surface area contributed by atoms with E-state index in [1.165, 1.54) is 18.2 Å². The molecular formula is C63H86N2O24S4. The van der Waals surface area contributed by atoms with E-state index in [-0.39, 0.29) is 87.1 Å². The van der Waals surface area contributed by atoms with Gasteiger partial charge in [-0.1, -0.05) is 36.4 Å². The van der Waals surface area contributed by atoms with E-state index >= 15 is 0 Å². The van der Waals surface area contributed by atoms with Crippen LogP contribution in [-0.4, -0.2) is 219 Å². The monoisotopic (exact) mass is 1380 g/mol. The van der Waals surface area contributed by atoms with E-state index in [0.717, 1.165) is 6.07 Å². The van der Waals surface area contributed by atoms with Gasteiger partial charge in [-0.2, -0.15) is 29.8 Å². The molecule has 516 valence electrons. The number of carbonyl (C=O) groups is 1. The molecule has 30 heteroatoms. The van der Waals surface area contributed by atoms with E-state index in [2.05, 4.69) is 0 Å². The summed E-state index contributed by atoms with van der Waals surface area (Å²) in [6, 6.07) is 9.91. The maximum atomic E-state index is 12.9. The molecule has 0 bridgehead atoms. The van der Waals surface area contributed by atoms with E-state index in [4.69, 9.17) is 47.4 Å². The lowest BCUT2D eigenvalue weighted by molar-refractivity contribution is -0.438. The number of fused-ring (bicyclic) bond motifs is 6. The van der Waals surface area contributed by atoms with Crippen molar-refractivity contribution < 1.29 is 114 Å². The van der Waals surface area contributed by atoms with Crippen molar-refractivity contribution in [1.82, 2.24) is 0 Å². The Morgan fingerprint density at radius 3 is 1.44 bits per heavy atom. The molecule has 0 fully saturated rings. The Hall–Kier alpha value is -5.46. The first-order valence-corrected chi connectivity index (χ1v) is 36.0. The molecule has 2 atom stereocenters. The fourth-order valence-corrected chi connectivity index (χ4v) is 14.0. The van der Waals surface area contributed by atoms with Gasteiger partial charge in [0, 0.05) is 92.1 Å². The van der Waals surface area contributed by atoms with Gasteiger partial charge < -0.3 is 61.9 Å². The summed E-state index contributed by atoms with van der Waals surface area (Å²) in [6.07, 6.45) is 14.3. The second kappa shape index (κ2) is 36.0. The van der Waals surface area contributed by atoms with Gasteiger partial charge in [0.25, 0.3) is 30.4 Å². The Morgan fingerprint density at radius 2 is 0.968 bits per heavy atom. The molecule has 0 radical (unpaired) electrons. The predicted octanol–water partition coefficient (Wildman–Crippen LogP) is 7.19. The van der Waals surface area contributed by atoms with E-state index in [9.17, 15) is 61.8 Å². The number of allylic oxidation sites excluding steroid dienone is 8. The summed E-state index contributed by atoms with van der Waals surface area (Å²) in [5.41, 5.74) is 1.35. The first-order valence-electron chi connectivity index (χ1n) is 30.3. The second-order valence-corrected chi connectivity index (χ2v) is 27.6. The minimum atomic E-state index is -5.32. The number of hydrogen-bond acceptors (Lipinski definition) is 21. The number of hydrogen-bond donors (Lipinski definition) is 4. The highest BCUT2D eigenvalue weighted by Crippen LogP contribution is 2.54. The molecule has 4 aromatic carbocycles. The molecule has 0 aliphatic carbocycles. The lowest BCUT2D eigenvalue weighted by Gasteiger charge is -2.30. The highest BCUT2D eigenvalue weighted by atomic mass is 32.2. The van der Waals surface area contributed by atoms with Crippen LogP contribution in [0, 0.1) is 0 Å². The summed E-state index contributed by atoms with van der Waals surface area (Å²) in [5.74, 6) is -0.949. The molecule has 4 N–H and O–H groups in total. The molecular weight excluding hydrogens is 1300 g/mol. The van der Waals surface area contributed by atoms with Crippen molar-refractivity contribution in [1.29, 1.82) is 0 Å². The van der Waals surface area contributed by atoms with Gasteiger partial charge in [0.1, 0.15) is 21.6 Å². The summed E-state index contributed by atoms with van der Waals surface area (Å²) in [7, 11) is -17.2. The predicted molar refractivity (Wildman–Crippen MR) is 344 cm³/mol. The van der Waals surface area contributed by atoms with Crippen molar-refractivity contribution in [2.75, 3.05) is 151 Å². The number of benzene rings is 4. The van der Waals surface area contributed by atoms with Gasteiger partial charge in [0.05, 0.1) is 126 Å². The number of methoxy groups -OCH3 is 2. The van der Waals surface area contributed by atoms with Gasteiger partial charge >= 0.3 is 5.97 Å². The van der Waals surface area contributed by atoms with E-state index in [0.29, 0.717) is 151 Å². The zero-order valence-corrected chi connectivity index (χ0v) is 56.3. The molecule has 2 unspecified atom stereocenters. The normalized spacial score (nSPS) is 17.7. The van der Waals surface area contributed by atoms with Crippen LogP contribution >= 0.6 is 0 Å². The number of carboxylic acids is 1. The van der Waals surface area contributed by atoms with Gasteiger partial charge in [0.15, 0.2) is 5.71 Å². The van der Waals surface area contributed by atoms with Crippen molar-refractivity contribution >= 4 is 85.1 Å². The summed E-state index contributed by atoms with van der Waals surface area (Å²) in [5, 5.41) is 9.59. The van der Waals surface area contributed by atoms with Gasteiger partial charge in [-0.3, -0.25) is 18.5 Å². The van der Waals surface area contributed by atoms with Crippen LogP contribution in [0.25, 0.3) is 21.5 Å². The molecule has 6 rings (SSSR count). The minimum absolute atomic E-state index is 0.0228. The summed E-state index contributed by atoms with van der Waals surface area (Å²) in [6.45, 7) is 12.2. The number of aliphatic carboxylic acids is 1. The molecule has 0 aromatic heterocycles. The first-order chi connectivity index (χ1) is 44.2. The zero-order valence-electron chi connectivity index (χ0n) is 53.0. The summed E-state index contributed by atoms with van der Waals surface area (Å²) < 4.78 is 204. The third kappa shape index (κ3) is 21.3. The van der Waals surface area contributed by atoms with Crippen LogP contribution in [0.4, 0.5) is 11.4 Å². The molecule has 2 heterocycles. The Morgan fingerprint density at radius 1 is 0.527 bits per heavy atom. The highest BCUT2D eigenvalue weighted by molar-refractivity contribution is 7.87. The third-order valence-electron chi connectivity index (χ3n) is 15.8. The number of likely N-dealkylation sites (N-methyl/N-ethyl adjacent to an activating group) is 1. The van der Waals surface area contributed by atoms with Gasteiger partial charge in [-0.15, -0.1) is 0 Å². The second-order valence-electron chi connectivity index (χ2n) is 22.0. The number of ether oxygens (including phenoxy) is 10. The maximum Gasteiger partial charge on any atom is 0.303 e. The van der Waals surface area contributed by atoms with Crippen molar-refractivity contribution in [2.24, 2.45) is 0 Å². The molecule has 0 saturated heterocycles.